The number of unbranched alkanes of at least 4 members (excludes halogenated alkanes) is 7. The van der Waals surface area contributed by atoms with Crippen molar-refractivity contribution in [1.29, 1.82) is 0 Å². The standard InChI is InChI=1S/C26H28O/c27-18-8-6-4-2-1-3-5-7-11-22-19-23-14-9-12-20-16-17-21-13-10-15-24(22)26(21)25(20)23/h9-10,12-19H,1-8,11H2. The average molecular weight is 357 g/mol. The number of rotatable bonds is 10. The van der Waals surface area contributed by atoms with E-state index in [0.29, 0.717) is 0 Å². The van der Waals surface area contributed by atoms with E-state index in [0.717, 1.165) is 25.5 Å². The molecule has 0 aliphatic carbocycles. The van der Waals surface area contributed by atoms with E-state index < -0.39 is 0 Å². The third-order valence-corrected chi connectivity index (χ3v) is 5.86. The van der Waals surface area contributed by atoms with E-state index in [1.807, 2.05) is 0 Å². The lowest BCUT2D eigenvalue weighted by Gasteiger charge is -2.14. The lowest BCUT2D eigenvalue weighted by Crippen LogP contribution is -1.92. The maximum absolute atomic E-state index is 10.3. The number of carbonyl (C=O) groups excluding carboxylic acids is 1. The lowest BCUT2D eigenvalue weighted by atomic mass is 9.89. The molecule has 1 heteroatoms. The van der Waals surface area contributed by atoms with Crippen LogP contribution in [0, 0.1) is 0 Å². The van der Waals surface area contributed by atoms with Crippen LogP contribution in [-0.4, -0.2) is 6.29 Å². The Hall–Kier alpha value is -2.41. The molecule has 0 saturated heterocycles. The highest BCUT2D eigenvalue weighted by Gasteiger charge is 2.11. The van der Waals surface area contributed by atoms with E-state index in [2.05, 4.69) is 54.6 Å². The predicted octanol–water partition coefficient (Wildman–Crippen LogP) is 7.45. The summed E-state index contributed by atoms with van der Waals surface area (Å²) in [4.78, 5) is 10.3. The molecule has 0 atom stereocenters. The minimum absolute atomic E-state index is 0.730. The fourth-order valence-electron chi connectivity index (χ4n) is 4.47. The molecule has 0 N–H and O–H groups in total. The van der Waals surface area contributed by atoms with Crippen LogP contribution < -0.4 is 0 Å². The van der Waals surface area contributed by atoms with Crippen LogP contribution in [0.2, 0.25) is 0 Å². The Morgan fingerprint density at radius 2 is 1.26 bits per heavy atom. The van der Waals surface area contributed by atoms with Gasteiger partial charge in [-0.2, -0.15) is 0 Å². The van der Waals surface area contributed by atoms with Crippen molar-refractivity contribution in [3.05, 3.63) is 60.2 Å². The molecule has 4 aromatic rings. The smallest absolute Gasteiger partial charge is 0.119 e. The number of aryl methyl sites for hydroxylation is 1. The SMILES string of the molecule is O=CCCCCCCCCCc1cc2cccc3ccc4cccc1c4c32. The zero-order chi connectivity index (χ0) is 18.5. The van der Waals surface area contributed by atoms with E-state index in [1.54, 1.807) is 0 Å². The van der Waals surface area contributed by atoms with Gasteiger partial charge in [0.25, 0.3) is 0 Å². The van der Waals surface area contributed by atoms with Crippen molar-refractivity contribution in [2.45, 2.75) is 57.8 Å². The largest absolute Gasteiger partial charge is 0.303 e. The van der Waals surface area contributed by atoms with Gasteiger partial charge in [0.2, 0.25) is 0 Å². The van der Waals surface area contributed by atoms with Gasteiger partial charge in [-0.1, -0.05) is 86.7 Å². The van der Waals surface area contributed by atoms with Crippen LogP contribution in [0.3, 0.4) is 0 Å². The van der Waals surface area contributed by atoms with Crippen LogP contribution >= 0.6 is 0 Å². The van der Waals surface area contributed by atoms with Crippen LogP contribution in [-0.2, 0) is 11.2 Å². The molecule has 0 unspecified atom stereocenters. The Bertz CT molecular complexity index is 1030. The zero-order valence-corrected chi connectivity index (χ0v) is 16.0. The second-order valence-corrected chi connectivity index (χ2v) is 7.76. The maximum atomic E-state index is 10.3. The Morgan fingerprint density at radius 3 is 2.04 bits per heavy atom. The average Bonchev–Trinajstić information content (AvgIpc) is 2.71. The van der Waals surface area contributed by atoms with Gasteiger partial charge in [0.1, 0.15) is 6.29 Å². The van der Waals surface area contributed by atoms with Gasteiger partial charge in [-0.3, -0.25) is 0 Å². The minimum atomic E-state index is 0.730. The predicted molar refractivity (Wildman–Crippen MR) is 117 cm³/mol. The summed E-state index contributed by atoms with van der Waals surface area (Å²) >= 11 is 0. The molecule has 0 spiro atoms. The number of hydrogen-bond acceptors (Lipinski definition) is 1. The Kier molecular flexibility index (Phi) is 5.67. The second kappa shape index (κ2) is 8.52. The van der Waals surface area contributed by atoms with Gasteiger partial charge in [0.15, 0.2) is 0 Å². The first kappa shape index (κ1) is 18.0. The third kappa shape index (κ3) is 3.83. The third-order valence-electron chi connectivity index (χ3n) is 5.86. The van der Waals surface area contributed by atoms with Crippen molar-refractivity contribution < 1.29 is 4.79 Å². The summed E-state index contributed by atoms with van der Waals surface area (Å²) in [6, 6.07) is 20.3. The molecule has 0 aliphatic rings. The van der Waals surface area contributed by atoms with Gasteiger partial charge in [-0.05, 0) is 57.1 Å². The van der Waals surface area contributed by atoms with Gasteiger partial charge in [0.05, 0.1) is 0 Å². The maximum Gasteiger partial charge on any atom is 0.119 e. The summed E-state index contributed by atoms with van der Waals surface area (Å²) in [6.45, 7) is 0. The number of carbonyl (C=O) groups is 1. The molecule has 0 amide bonds. The minimum Gasteiger partial charge on any atom is -0.303 e. The van der Waals surface area contributed by atoms with Gasteiger partial charge in [-0.15, -0.1) is 0 Å². The fraction of sp³-hybridized carbons (Fsp3) is 0.346. The lowest BCUT2D eigenvalue weighted by molar-refractivity contribution is -0.107. The molecule has 0 fully saturated rings. The summed E-state index contributed by atoms with van der Waals surface area (Å²) in [6.07, 6.45) is 11.6. The van der Waals surface area contributed by atoms with E-state index >= 15 is 0 Å². The quantitative estimate of drug-likeness (QED) is 0.164. The van der Waals surface area contributed by atoms with Crippen molar-refractivity contribution in [1.82, 2.24) is 0 Å². The van der Waals surface area contributed by atoms with Crippen LogP contribution in [0.4, 0.5) is 0 Å². The normalized spacial score (nSPS) is 11.7. The molecular weight excluding hydrogens is 328 g/mol. The number of benzene rings is 4. The van der Waals surface area contributed by atoms with Crippen molar-refractivity contribution in [2.75, 3.05) is 0 Å². The summed E-state index contributed by atoms with van der Waals surface area (Å²) in [7, 11) is 0. The molecule has 0 bridgehead atoms. The van der Waals surface area contributed by atoms with Crippen LogP contribution in [0.15, 0.2) is 54.6 Å². The first-order valence-corrected chi connectivity index (χ1v) is 10.5. The first-order valence-electron chi connectivity index (χ1n) is 10.5. The molecule has 0 radical (unpaired) electrons. The molecule has 0 aromatic heterocycles. The van der Waals surface area contributed by atoms with E-state index in [4.69, 9.17) is 0 Å². The molecule has 4 aromatic carbocycles. The molecule has 4 rings (SSSR count). The summed E-state index contributed by atoms with van der Waals surface area (Å²) in [5.41, 5.74) is 1.50. The van der Waals surface area contributed by atoms with E-state index in [-0.39, 0.29) is 0 Å². The number of hydrogen-bond donors (Lipinski definition) is 0. The van der Waals surface area contributed by atoms with Crippen molar-refractivity contribution >= 4 is 38.6 Å². The fourth-order valence-corrected chi connectivity index (χ4v) is 4.47. The molecule has 0 aliphatic heterocycles. The Morgan fingerprint density at radius 1 is 0.630 bits per heavy atom. The van der Waals surface area contributed by atoms with Gasteiger partial charge >= 0.3 is 0 Å². The van der Waals surface area contributed by atoms with Gasteiger partial charge < -0.3 is 4.79 Å². The van der Waals surface area contributed by atoms with Crippen LogP contribution in [0.5, 0.6) is 0 Å². The summed E-state index contributed by atoms with van der Waals surface area (Å²) in [5.74, 6) is 0. The molecule has 0 heterocycles. The highest BCUT2D eigenvalue weighted by molar-refractivity contribution is 6.23. The van der Waals surface area contributed by atoms with Gasteiger partial charge in [-0.25, -0.2) is 0 Å². The molecular formula is C26H28O. The zero-order valence-electron chi connectivity index (χ0n) is 16.0. The van der Waals surface area contributed by atoms with Crippen molar-refractivity contribution in [3.63, 3.8) is 0 Å². The van der Waals surface area contributed by atoms with E-state index in [1.165, 1.54) is 76.4 Å². The number of aldehydes is 1. The molecule has 27 heavy (non-hydrogen) atoms. The summed E-state index contributed by atoms with van der Waals surface area (Å²) < 4.78 is 0. The molecule has 1 nitrogen and oxygen atoms in total. The summed E-state index contributed by atoms with van der Waals surface area (Å²) in [5, 5.41) is 8.38. The highest BCUT2D eigenvalue weighted by Crippen LogP contribution is 2.36. The Balaban J connectivity index is 1.45. The van der Waals surface area contributed by atoms with Crippen LogP contribution in [0.25, 0.3) is 32.3 Å². The Labute approximate surface area is 161 Å². The van der Waals surface area contributed by atoms with E-state index in [9.17, 15) is 4.79 Å². The monoisotopic (exact) mass is 356 g/mol. The highest BCUT2D eigenvalue weighted by atomic mass is 16.1. The van der Waals surface area contributed by atoms with Gasteiger partial charge in [0, 0.05) is 6.42 Å². The van der Waals surface area contributed by atoms with Crippen molar-refractivity contribution in [3.8, 4) is 0 Å². The topological polar surface area (TPSA) is 17.1 Å². The molecule has 138 valence electrons. The first-order chi connectivity index (χ1) is 13.4. The second-order valence-electron chi connectivity index (χ2n) is 7.76. The van der Waals surface area contributed by atoms with Crippen LogP contribution in [0.1, 0.15) is 56.9 Å². The molecule has 0 saturated carbocycles. The van der Waals surface area contributed by atoms with Crippen molar-refractivity contribution in [2.24, 2.45) is 0 Å².